The van der Waals surface area contributed by atoms with Gasteiger partial charge in [-0.05, 0) is 122 Å². The van der Waals surface area contributed by atoms with E-state index in [-0.39, 0.29) is 0 Å². The molecule has 282 valence electrons. The van der Waals surface area contributed by atoms with Crippen molar-refractivity contribution in [2.45, 2.75) is 0 Å². The van der Waals surface area contributed by atoms with Crippen molar-refractivity contribution in [3.8, 4) is 50.2 Å². The first kappa shape index (κ1) is 35.2. The van der Waals surface area contributed by atoms with Crippen molar-refractivity contribution < 1.29 is 0 Å². The first-order valence-corrected chi connectivity index (χ1v) is 20.6. The lowest BCUT2D eigenvalue weighted by atomic mass is 10.00. The highest BCUT2D eigenvalue weighted by Gasteiger charge is 2.16. The second-order valence-electron chi connectivity index (χ2n) is 15.4. The van der Waals surface area contributed by atoms with Crippen LogP contribution in [0, 0.1) is 0 Å². The van der Waals surface area contributed by atoms with Crippen molar-refractivity contribution in [3.63, 3.8) is 0 Å². The fourth-order valence-electron chi connectivity index (χ4n) is 8.73. The normalized spacial score (nSPS) is 11.3. The minimum absolute atomic E-state index is 1.10. The van der Waals surface area contributed by atoms with Gasteiger partial charge in [0.25, 0.3) is 0 Å². The maximum Gasteiger partial charge on any atom is 0.0547 e. The highest BCUT2D eigenvalue weighted by atomic mass is 15.1. The van der Waals surface area contributed by atoms with Crippen molar-refractivity contribution in [3.05, 3.63) is 243 Å². The van der Waals surface area contributed by atoms with E-state index in [1.165, 1.54) is 77.1 Å². The standard InChI is InChI=1S/C58H40N2/c1-3-12-41(13-4-1)43-22-24-44(25-23-43)45-26-32-51(33-27-45)59(54-19-11-18-48(38-54)42-14-5-2-6-15-42)52-34-28-46(29-35-52)47-30-36-53(37-31-47)60-57-21-10-9-20-55(57)56-39-49-16-7-8-17-50(49)40-58(56)60/h1-40H. The van der Waals surface area contributed by atoms with Crippen molar-refractivity contribution in [1.82, 2.24) is 4.57 Å². The smallest absolute Gasteiger partial charge is 0.0547 e. The maximum atomic E-state index is 2.40. The van der Waals surface area contributed by atoms with Crippen LogP contribution in [-0.4, -0.2) is 4.57 Å². The van der Waals surface area contributed by atoms with Gasteiger partial charge < -0.3 is 9.47 Å². The third-order valence-corrected chi connectivity index (χ3v) is 11.8. The number of hydrogen-bond donors (Lipinski definition) is 0. The summed E-state index contributed by atoms with van der Waals surface area (Å²) in [7, 11) is 0. The number of benzene rings is 10. The molecule has 0 atom stereocenters. The lowest BCUT2D eigenvalue weighted by molar-refractivity contribution is 1.18. The summed E-state index contributed by atoms with van der Waals surface area (Å²) < 4.78 is 2.40. The summed E-state index contributed by atoms with van der Waals surface area (Å²) in [4.78, 5) is 2.35. The Balaban J connectivity index is 0.930. The Morgan fingerprint density at radius 2 is 0.683 bits per heavy atom. The Labute approximate surface area is 350 Å². The van der Waals surface area contributed by atoms with Gasteiger partial charge in [-0.3, -0.25) is 0 Å². The van der Waals surface area contributed by atoms with E-state index in [1.807, 2.05) is 0 Å². The highest BCUT2D eigenvalue weighted by molar-refractivity contribution is 6.13. The van der Waals surface area contributed by atoms with Crippen molar-refractivity contribution in [2.75, 3.05) is 4.90 Å². The van der Waals surface area contributed by atoms with Gasteiger partial charge in [-0.25, -0.2) is 0 Å². The van der Waals surface area contributed by atoms with Crippen LogP contribution in [0.5, 0.6) is 0 Å². The van der Waals surface area contributed by atoms with Crippen LogP contribution in [0.4, 0.5) is 17.1 Å². The summed E-state index contributed by atoms with van der Waals surface area (Å²) in [5.41, 5.74) is 16.4. The molecule has 11 rings (SSSR count). The number of hydrogen-bond acceptors (Lipinski definition) is 1. The lowest BCUT2D eigenvalue weighted by Crippen LogP contribution is -2.10. The van der Waals surface area contributed by atoms with Crippen LogP contribution < -0.4 is 4.90 Å². The van der Waals surface area contributed by atoms with Gasteiger partial charge in [0.05, 0.1) is 11.0 Å². The quantitative estimate of drug-likeness (QED) is 0.150. The lowest BCUT2D eigenvalue weighted by Gasteiger charge is -2.26. The fourth-order valence-corrected chi connectivity index (χ4v) is 8.73. The van der Waals surface area contributed by atoms with E-state index in [2.05, 4.69) is 252 Å². The minimum atomic E-state index is 1.10. The molecule has 0 aliphatic heterocycles. The molecule has 0 unspecified atom stereocenters. The second-order valence-corrected chi connectivity index (χ2v) is 15.4. The monoisotopic (exact) mass is 764 g/mol. The molecule has 1 aromatic heterocycles. The van der Waals surface area contributed by atoms with Crippen molar-refractivity contribution in [2.24, 2.45) is 0 Å². The minimum Gasteiger partial charge on any atom is -0.310 e. The number of para-hydroxylation sites is 1. The Hall–Kier alpha value is -7.94. The molecule has 0 amide bonds. The van der Waals surface area contributed by atoms with Crippen LogP contribution in [0.2, 0.25) is 0 Å². The van der Waals surface area contributed by atoms with E-state index in [0.717, 1.165) is 22.7 Å². The predicted octanol–water partition coefficient (Wildman–Crippen LogP) is 16.1. The summed E-state index contributed by atoms with van der Waals surface area (Å²) >= 11 is 0. The average molecular weight is 765 g/mol. The zero-order valence-corrected chi connectivity index (χ0v) is 33.0. The third kappa shape index (κ3) is 6.51. The molecule has 0 fully saturated rings. The van der Waals surface area contributed by atoms with E-state index in [0.29, 0.717) is 0 Å². The topological polar surface area (TPSA) is 8.17 Å². The molecule has 0 bridgehead atoms. The number of anilines is 3. The molecule has 0 spiro atoms. The number of rotatable bonds is 8. The molecular formula is C58H40N2. The maximum absolute atomic E-state index is 2.40. The van der Waals surface area contributed by atoms with Crippen LogP contribution >= 0.6 is 0 Å². The van der Waals surface area contributed by atoms with E-state index < -0.39 is 0 Å². The first-order chi connectivity index (χ1) is 29.7. The molecule has 1 heterocycles. The highest BCUT2D eigenvalue weighted by Crippen LogP contribution is 2.40. The molecule has 0 N–H and O–H groups in total. The Bertz CT molecular complexity index is 3250. The number of nitrogens with zero attached hydrogens (tertiary/aromatic N) is 2. The molecule has 0 saturated heterocycles. The van der Waals surface area contributed by atoms with E-state index in [9.17, 15) is 0 Å². The summed E-state index contributed by atoms with van der Waals surface area (Å²) in [5, 5.41) is 5.05. The molecule has 60 heavy (non-hydrogen) atoms. The number of fused-ring (bicyclic) bond motifs is 4. The first-order valence-electron chi connectivity index (χ1n) is 20.6. The zero-order valence-electron chi connectivity index (χ0n) is 33.0. The van der Waals surface area contributed by atoms with Crippen LogP contribution in [0.15, 0.2) is 243 Å². The SMILES string of the molecule is c1ccc(-c2ccc(-c3ccc(N(c4ccc(-c5ccc(-n6c7ccccc7c7cc8ccccc8cc76)cc5)cc4)c4cccc(-c5ccccc5)c4)cc3)cc2)cc1. The van der Waals surface area contributed by atoms with Gasteiger partial charge in [0, 0.05) is 33.5 Å². The number of aromatic nitrogens is 1. The van der Waals surface area contributed by atoms with Gasteiger partial charge in [-0.15, -0.1) is 0 Å². The van der Waals surface area contributed by atoms with Gasteiger partial charge in [0.15, 0.2) is 0 Å². The second kappa shape index (κ2) is 15.1. The molecular weight excluding hydrogens is 725 g/mol. The Kier molecular flexibility index (Phi) is 8.87. The van der Waals surface area contributed by atoms with Gasteiger partial charge in [-0.1, -0.05) is 176 Å². The third-order valence-electron chi connectivity index (χ3n) is 11.8. The van der Waals surface area contributed by atoms with Crippen molar-refractivity contribution in [1.29, 1.82) is 0 Å². The van der Waals surface area contributed by atoms with Crippen molar-refractivity contribution >= 4 is 49.6 Å². The van der Waals surface area contributed by atoms with Crippen LogP contribution in [-0.2, 0) is 0 Å². The molecule has 11 aromatic rings. The van der Waals surface area contributed by atoms with E-state index in [4.69, 9.17) is 0 Å². The Morgan fingerprint density at radius 3 is 1.27 bits per heavy atom. The molecule has 0 radical (unpaired) electrons. The van der Waals surface area contributed by atoms with E-state index >= 15 is 0 Å². The predicted molar refractivity (Wildman–Crippen MR) is 255 cm³/mol. The largest absolute Gasteiger partial charge is 0.310 e. The average Bonchev–Trinajstić information content (AvgIpc) is 3.65. The van der Waals surface area contributed by atoms with Crippen LogP contribution in [0.3, 0.4) is 0 Å². The van der Waals surface area contributed by atoms with E-state index in [1.54, 1.807) is 0 Å². The Morgan fingerprint density at radius 1 is 0.250 bits per heavy atom. The molecule has 0 saturated carbocycles. The zero-order chi connectivity index (χ0) is 39.8. The van der Waals surface area contributed by atoms with Crippen LogP contribution in [0.25, 0.3) is 82.8 Å². The van der Waals surface area contributed by atoms with Gasteiger partial charge in [0.2, 0.25) is 0 Å². The molecule has 0 aliphatic carbocycles. The van der Waals surface area contributed by atoms with Gasteiger partial charge in [0.1, 0.15) is 0 Å². The molecule has 2 heteroatoms. The molecule has 0 aliphatic rings. The van der Waals surface area contributed by atoms with Gasteiger partial charge in [-0.2, -0.15) is 0 Å². The fraction of sp³-hybridized carbons (Fsp3) is 0. The molecule has 2 nitrogen and oxygen atoms in total. The summed E-state index contributed by atoms with van der Waals surface area (Å²) in [5.74, 6) is 0. The van der Waals surface area contributed by atoms with Gasteiger partial charge >= 0.3 is 0 Å². The summed E-state index contributed by atoms with van der Waals surface area (Å²) in [6, 6.07) is 87.8. The van der Waals surface area contributed by atoms with Crippen LogP contribution in [0.1, 0.15) is 0 Å². The summed E-state index contributed by atoms with van der Waals surface area (Å²) in [6.45, 7) is 0. The molecule has 10 aromatic carbocycles. The summed E-state index contributed by atoms with van der Waals surface area (Å²) in [6.07, 6.45) is 0.